The molecule has 1 N–H and O–H groups in total. The molecule has 3 atom stereocenters. The number of carbonyl (C=O) groups is 2. The molecule has 0 spiro atoms. The number of rotatable bonds is 4. The fourth-order valence-corrected chi connectivity index (χ4v) is 3.34. The number of carbonyl (C=O) groups excluding carboxylic acids is 2. The fraction of sp³-hybridized carbons (Fsp3) is 0.529. The highest BCUT2D eigenvalue weighted by Gasteiger charge is 2.41. The van der Waals surface area contributed by atoms with Gasteiger partial charge in [0.2, 0.25) is 0 Å². The minimum Gasteiger partial charge on any atom is -0.508 e. The highest BCUT2D eigenvalue weighted by Crippen LogP contribution is 2.44. The van der Waals surface area contributed by atoms with E-state index in [4.69, 9.17) is 14.2 Å². The molecule has 0 heterocycles. The van der Waals surface area contributed by atoms with Crippen LogP contribution in [0.5, 0.6) is 11.5 Å². The number of hydrogen-bond acceptors (Lipinski definition) is 6. The Labute approximate surface area is 135 Å². The van der Waals surface area contributed by atoms with Gasteiger partial charge in [-0.2, -0.15) is 0 Å². The van der Waals surface area contributed by atoms with Crippen LogP contribution in [0.4, 0.5) is 0 Å². The molecule has 1 aromatic rings. The zero-order chi connectivity index (χ0) is 17.0. The van der Waals surface area contributed by atoms with Gasteiger partial charge in [0, 0.05) is 5.56 Å². The van der Waals surface area contributed by atoms with Crippen molar-refractivity contribution in [1.82, 2.24) is 0 Å². The van der Waals surface area contributed by atoms with Crippen LogP contribution in [0.2, 0.25) is 0 Å². The molecule has 3 unspecified atom stereocenters. The van der Waals surface area contributed by atoms with Gasteiger partial charge < -0.3 is 19.3 Å². The third-order valence-corrected chi connectivity index (χ3v) is 4.51. The molecule has 0 amide bonds. The van der Waals surface area contributed by atoms with Crippen molar-refractivity contribution in [2.24, 2.45) is 11.8 Å². The fourth-order valence-electron chi connectivity index (χ4n) is 3.34. The van der Waals surface area contributed by atoms with E-state index in [1.807, 2.05) is 0 Å². The Morgan fingerprint density at radius 3 is 2.30 bits per heavy atom. The lowest BCUT2D eigenvalue weighted by atomic mass is 9.71. The topological polar surface area (TPSA) is 82.1 Å². The highest BCUT2D eigenvalue weighted by molar-refractivity contribution is 5.82. The second-order valence-corrected chi connectivity index (χ2v) is 5.70. The van der Waals surface area contributed by atoms with Gasteiger partial charge >= 0.3 is 11.9 Å². The predicted molar refractivity (Wildman–Crippen MR) is 82.3 cm³/mol. The third-order valence-electron chi connectivity index (χ3n) is 4.51. The van der Waals surface area contributed by atoms with Crippen molar-refractivity contribution in [2.45, 2.75) is 25.2 Å². The van der Waals surface area contributed by atoms with Crippen LogP contribution < -0.4 is 4.74 Å². The Hall–Kier alpha value is -2.24. The molecule has 126 valence electrons. The largest absolute Gasteiger partial charge is 0.508 e. The zero-order valence-corrected chi connectivity index (χ0v) is 13.6. The second-order valence-electron chi connectivity index (χ2n) is 5.70. The Balaban J connectivity index is 2.29. The van der Waals surface area contributed by atoms with Crippen molar-refractivity contribution in [3.63, 3.8) is 0 Å². The van der Waals surface area contributed by atoms with Gasteiger partial charge in [0.1, 0.15) is 11.5 Å². The average Bonchev–Trinajstić information content (AvgIpc) is 2.59. The van der Waals surface area contributed by atoms with Crippen molar-refractivity contribution in [3.8, 4) is 11.5 Å². The average molecular weight is 322 g/mol. The van der Waals surface area contributed by atoms with Gasteiger partial charge in [0.15, 0.2) is 0 Å². The number of methoxy groups -OCH3 is 3. The van der Waals surface area contributed by atoms with Gasteiger partial charge in [-0.1, -0.05) is 0 Å². The molecule has 1 aliphatic rings. The van der Waals surface area contributed by atoms with Crippen molar-refractivity contribution in [2.75, 3.05) is 21.3 Å². The van der Waals surface area contributed by atoms with E-state index < -0.39 is 17.8 Å². The number of esters is 2. The summed E-state index contributed by atoms with van der Waals surface area (Å²) in [5, 5.41) is 9.74. The molecule has 2 rings (SSSR count). The van der Waals surface area contributed by atoms with Crippen LogP contribution in [0, 0.1) is 11.8 Å². The normalized spacial score (nSPS) is 23.9. The van der Waals surface area contributed by atoms with E-state index in [9.17, 15) is 14.7 Å². The first-order valence-electron chi connectivity index (χ1n) is 7.54. The monoisotopic (exact) mass is 322 g/mol. The van der Waals surface area contributed by atoms with E-state index >= 15 is 0 Å². The predicted octanol–water partition coefficient (Wildman–Crippen LogP) is 2.25. The molecule has 0 saturated heterocycles. The number of aromatic hydroxyl groups is 1. The highest BCUT2D eigenvalue weighted by atomic mass is 16.5. The van der Waals surface area contributed by atoms with Crippen LogP contribution in [0.1, 0.15) is 30.7 Å². The molecule has 1 fully saturated rings. The standard InChI is InChI=1S/C17H22O6/c1-21-15-7-5-11(18)9-13(15)10-4-6-12(16(19)22-2)14(8-10)17(20)23-3/h5,7,9-10,12,14,18H,4,6,8H2,1-3H3. The van der Waals surface area contributed by atoms with Crippen LogP contribution in [0.25, 0.3) is 0 Å². The van der Waals surface area contributed by atoms with E-state index in [0.717, 1.165) is 5.56 Å². The summed E-state index contributed by atoms with van der Waals surface area (Å²) in [6, 6.07) is 4.90. The smallest absolute Gasteiger partial charge is 0.309 e. The van der Waals surface area contributed by atoms with E-state index in [-0.39, 0.29) is 17.6 Å². The Morgan fingerprint density at radius 1 is 1.04 bits per heavy atom. The summed E-state index contributed by atoms with van der Waals surface area (Å²) in [5.74, 6) is -1.04. The molecular formula is C17H22O6. The number of benzene rings is 1. The maximum Gasteiger partial charge on any atom is 0.309 e. The molecular weight excluding hydrogens is 300 g/mol. The maximum absolute atomic E-state index is 12.1. The Morgan fingerprint density at radius 2 is 1.70 bits per heavy atom. The molecule has 1 aliphatic carbocycles. The lowest BCUT2D eigenvalue weighted by molar-refractivity contribution is -0.159. The van der Waals surface area contributed by atoms with Gasteiger partial charge in [0.25, 0.3) is 0 Å². The summed E-state index contributed by atoms with van der Waals surface area (Å²) < 4.78 is 15.0. The summed E-state index contributed by atoms with van der Waals surface area (Å²) >= 11 is 0. The quantitative estimate of drug-likeness (QED) is 0.856. The van der Waals surface area contributed by atoms with Crippen LogP contribution in [0.3, 0.4) is 0 Å². The Kier molecular flexibility index (Phi) is 5.47. The summed E-state index contributed by atoms with van der Waals surface area (Å²) in [6.07, 6.45) is 1.68. The van der Waals surface area contributed by atoms with E-state index in [1.54, 1.807) is 25.3 Å². The van der Waals surface area contributed by atoms with Crippen molar-refractivity contribution < 1.29 is 28.9 Å². The molecule has 0 radical (unpaired) electrons. The van der Waals surface area contributed by atoms with Gasteiger partial charge in [-0.25, -0.2) is 0 Å². The molecule has 0 bridgehead atoms. The van der Waals surface area contributed by atoms with Crippen molar-refractivity contribution in [1.29, 1.82) is 0 Å². The SMILES string of the molecule is COC(=O)C1CCC(c2cc(O)ccc2OC)CC1C(=O)OC. The summed E-state index contributed by atoms with van der Waals surface area (Å²) in [7, 11) is 4.20. The molecule has 6 nitrogen and oxygen atoms in total. The molecule has 0 aromatic heterocycles. The lowest BCUT2D eigenvalue weighted by Crippen LogP contribution is -2.36. The number of ether oxygens (including phenoxy) is 3. The first kappa shape index (κ1) is 17.1. The minimum absolute atomic E-state index is 0.00190. The van der Waals surface area contributed by atoms with Crippen LogP contribution in [-0.4, -0.2) is 38.4 Å². The van der Waals surface area contributed by atoms with Crippen molar-refractivity contribution >= 4 is 11.9 Å². The number of hydrogen-bond donors (Lipinski definition) is 1. The Bertz CT molecular complexity index is 582. The molecule has 23 heavy (non-hydrogen) atoms. The van der Waals surface area contributed by atoms with Crippen molar-refractivity contribution in [3.05, 3.63) is 23.8 Å². The number of phenolic OH excluding ortho intramolecular Hbond substituents is 1. The second kappa shape index (κ2) is 7.35. The zero-order valence-electron chi connectivity index (χ0n) is 13.6. The summed E-state index contributed by atoms with van der Waals surface area (Å²) in [6.45, 7) is 0. The third kappa shape index (κ3) is 3.57. The summed E-state index contributed by atoms with van der Waals surface area (Å²) in [5.41, 5.74) is 0.838. The minimum atomic E-state index is -0.557. The summed E-state index contributed by atoms with van der Waals surface area (Å²) in [4.78, 5) is 24.0. The first-order chi connectivity index (χ1) is 11.0. The van der Waals surface area contributed by atoms with E-state index in [1.165, 1.54) is 14.2 Å². The van der Waals surface area contributed by atoms with E-state index in [0.29, 0.717) is 25.0 Å². The van der Waals surface area contributed by atoms with Gasteiger partial charge in [-0.3, -0.25) is 9.59 Å². The number of phenols is 1. The van der Waals surface area contributed by atoms with Gasteiger partial charge in [-0.05, 0) is 43.4 Å². The van der Waals surface area contributed by atoms with E-state index in [2.05, 4.69) is 0 Å². The van der Waals surface area contributed by atoms with Gasteiger partial charge in [0.05, 0.1) is 33.2 Å². The molecule has 6 heteroatoms. The van der Waals surface area contributed by atoms with Crippen LogP contribution >= 0.6 is 0 Å². The molecule has 0 aliphatic heterocycles. The van der Waals surface area contributed by atoms with Crippen LogP contribution in [-0.2, 0) is 19.1 Å². The maximum atomic E-state index is 12.1. The molecule has 1 aromatic carbocycles. The first-order valence-corrected chi connectivity index (χ1v) is 7.54. The lowest BCUT2D eigenvalue weighted by Gasteiger charge is -2.33. The van der Waals surface area contributed by atoms with Crippen LogP contribution in [0.15, 0.2) is 18.2 Å². The molecule has 1 saturated carbocycles. The van der Waals surface area contributed by atoms with Gasteiger partial charge in [-0.15, -0.1) is 0 Å².